The molecule has 6 N–H and O–H groups in total. The standard InChI is InChI=1S/C52H46Cl4F6N14O10/c1-21-65-49(75(69-21)35-15-25(53)5-7-27(35)55)47-45(41(43(79)37(19-77)83-47)73-17-33(67-71-73)23-11-29(57)39(61)30(58)12-23)85-51(81)63-9-3-4-10-64-52(82)86-46-42(74-18-34(68-72-74)24-13-31(59)40(62)32(60)14-24)44(80)38(20-78)84-48(46)50-66-22(2)70-76(50)36-16-26(54)6-8-28(36)56/h5-8,11-18,37-38,41-48,77-80H,3-4,9-10,19-20H2,1-2H3,(H,63,81)(H,64,82)/t37-,38+,41+,42-,43+,44-,45-,46+,47-,48+. The Morgan fingerprint density at radius 2 is 0.965 bits per heavy atom. The number of hydrogen-bond donors (Lipinski definition) is 6. The van der Waals surface area contributed by atoms with Gasteiger partial charge in [0.2, 0.25) is 0 Å². The Morgan fingerprint density at radius 3 is 1.33 bits per heavy atom. The lowest BCUT2D eigenvalue weighted by Gasteiger charge is -2.43. The summed E-state index contributed by atoms with van der Waals surface area (Å²) in [5, 5.41) is 75.6. The smallest absolute Gasteiger partial charge is 0.407 e. The molecule has 0 saturated carbocycles. The first-order valence-corrected chi connectivity index (χ1v) is 27.3. The maximum atomic E-state index is 14.4. The van der Waals surface area contributed by atoms with Gasteiger partial charge >= 0.3 is 12.2 Å². The van der Waals surface area contributed by atoms with Crippen molar-refractivity contribution < 1.29 is 75.3 Å². The van der Waals surface area contributed by atoms with E-state index in [0.29, 0.717) is 24.3 Å². The van der Waals surface area contributed by atoms with Crippen molar-refractivity contribution in [2.24, 2.45) is 0 Å². The van der Waals surface area contributed by atoms with Crippen LogP contribution in [0, 0.1) is 48.8 Å². The third kappa shape index (κ3) is 12.7. The van der Waals surface area contributed by atoms with E-state index >= 15 is 0 Å². The van der Waals surface area contributed by atoms with Crippen LogP contribution in [0.3, 0.4) is 0 Å². The second-order valence-electron chi connectivity index (χ2n) is 19.5. The van der Waals surface area contributed by atoms with Crippen LogP contribution in [0.2, 0.25) is 20.1 Å². The second-order valence-corrected chi connectivity index (χ2v) is 21.2. The molecule has 34 heteroatoms. The molecule has 10 rings (SSSR count). The molecule has 0 bridgehead atoms. The van der Waals surface area contributed by atoms with Gasteiger partial charge in [0.25, 0.3) is 0 Å². The van der Waals surface area contributed by atoms with Crippen molar-refractivity contribution >= 4 is 58.6 Å². The Balaban J connectivity index is 0.875. The van der Waals surface area contributed by atoms with E-state index in [4.69, 9.17) is 65.4 Å². The predicted octanol–water partition coefficient (Wildman–Crippen LogP) is 7.17. The molecule has 2 aliphatic heterocycles. The van der Waals surface area contributed by atoms with Crippen LogP contribution in [-0.4, -0.2) is 155 Å². The molecule has 4 aromatic heterocycles. The van der Waals surface area contributed by atoms with E-state index in [0.717, 1.165) is 21.8 Å². The molecule has 2 aliphatic rings. The number of rotatable bonds is 17. The number of alkyl carbamates (subject to hydrolysis) is 2. The normalized spacial score (nSPS) is 22.2. The minimum absolute atomic E-state index is 0.0622. The van der Waals surface area contributed by atoms with Gasteiger partial charge in [-0.3, -0.25) is 0 Å². The highest BCUT2D eigenvalue weighted by Crippen LogP contribution is 2.44. The van der Waals surface area contributed by atoms with Gasteiger partial charge in [-0.1, -0.05) is 56.8 Å². The maximum absolute atomic E-state index is 14.4. The summed E-state index contributed by atoms with van der Waals surface area (Å²) in [4.78, 5) is 36.9. The topological polar surface area (TPSA) is 299 Å². The van der Waals surface area contributed by atoms with E-state index in [1.54, 1.807) is 0 Å². The Morgan fingerprint density at radius 1 is 0.593 bits per heavy atom. The number of aliphatic hydroxyl groups excluding tert-OH is 4. The number of unbranched alkanes of at least 4 members (excludes halogenated alkanes) is 1. The Kier molecular flexibility index (Phi) is 18.5. The average Bonchev–Trinajstić information content (AvgIpc) is 1.52. The molecule has 86 heavy (non-hydrogen) atoms. The number of aromatic nitrogens is 12. The van der Waals surface area contributed by atoms with Crippen molar-refractivity contribution in [2.45, 2.75) is 87.6 Å². The van der Waals surface area contributed by atoms with Gasteiger partial charge in [0.1, 0.15) is 59.5 Å². The molecular formula is C52H46Cl4F6N14O10. The number of nitrogens with zero attached hydrogens (tertiary/aromatic N) is 12. The van der Waals surface area contributed by atoms with Crippen LogP contribution >= 0.6 is 46.4 Å². The molecule has 2 amide bonds. The first-order valence-electron chi connectivity index (χ1n) is 25.8. The summed E-state index contributed by atoms with van der Waals surface area (Å²) in [6.45, 7) is 1.18. The van der Waals surface area contributed by atoms with E-state index < -0.39 is 121 Å². The highest BCUT2D eigenvalue weighted by molar-refractivity contribution is 6.35. The lowest BCUT2D eigenvalue weighted by molar-refractivity contribution is -0.210. The van der Waals surface area contributed by atoms with Crippen LogP contribution in [0.4, 0.5) is 35.9 Å². The van der Waals surface area contributed by atoms with Crippen molar-refractivity contribution in [3.8, 4) is 33.9 Å². The average molecular weight is 1280 g/mol. The van der Waals surface area contributed by atoms with E-state index in [-0.39, 0.29) is 103 Å². The van der Waals surface area contributed by atoms with Gasteiger partial charge in [0.05, 0.1) is 47.0 Å². The van der Waals surface area contributed by atoms with Crippen LogP contribution in [0.25, 0.3) is 33.9 Å². The highest BCUT2D eigenvalue weighted by Gasteiger charge is 2.53. The molecule has 4 aromatic carbocycles. The summed E-state index contributed by atoms with van der Waals surface area (Å²) in [6.07, 6.45) is -12.4. The highest BCUT2D eigenvalue weighted by atomic mass is 35.5. The minimum Gasteiger partial charge on any atom is -0.441 e. The first-order chi connectivity index (χ1) is 41.1. The number of aliphatic hydroxyl groups is 4. The lowest BCUT2D eigenvalue weighted by atomic mass is 9.91. The van der Waals surface area contributed by atoms with Gasteiger partial charge in [-0.15, -0.1) is 10.2 Å². The number of hydrogen-bond acceptors (Lipinski definition) is 18. The number of carbonyl (C=O) groups excluding carboxylic acids is 2. The first kappa shape index (κ1) is 61.6. The van der Waals surface area contributed by atoms with Gasteiger partial charge in [0.15, 0.2) is 71.0 Å². The number of ether oxygens (including phenoxy) is 4. The lowest BCUT2D eigenvalue weighted by Crippen LogP contribution is -2.55. The molecular weight excluding hydrogens is 1240 g/mol. The van der Waals surface area contributed by atoms with Crippen LogP contribution in [0.5, 0.6) is 0 Å². The molecule has 8 aromatic rings. The third-order valence-corrected chi connectivity index (χ3v) is 14.9. The molecule has 2 fully saturated rings. The fourth-order valence-corrected chi connectivity index (χ4v) is 10.6. The molecule has 6 heterocycles. The molecule has 0 unspecified atom stereocenters. The van der Waals surface area contributed by atoms with E-state index in [2.05, 4.69) is 51.4 Å². The minimum atomic E-state index is -1.75. The fraction of sp³-hybridized carbons (Fsp3) is 0.346. The number of halogens is 10. The Hall–Kier alpha value is -7.52. The Bertz CT molecular complexity index is 3540. The fourth-order valence-electron chi connectivity index (χ4n) is 9.83. The van der Waals surface area contributed by atoms with Gasteiger partial charge in [0, 0.05) is 34.3 Å². The molecule has 0 spiro atoms. The van der Waals surface area contributed by atoms with Crippen molar-refractivity contribution in [1.29, 1.82) is 0 Å². The summed E-state index contributed by atoms with van der Waals surface area (Å²) in [5.41, 5.74) is -0.497. The summed E-state index contributed by atoms with van der Waals surface area (Å²) >= 11 is 25.9. The van der Waals surface area contributed by atoms with Crippen molar-refractivity contribution in [1.82, 2.24) is 70.2 Å². The zero-order valence-corrected chi connectivity index (χ0v) is 47.4. The Labute approximate surface area is 501 Å². The van der Waals surface area contributed by atoms with E-state index in [1.807, 2.05) is 0 Å². The molecule has 0 aliphatic carbocycles. The number of carbonyl (C=O) groups is 2. The van der Waals surface area contributed by atoms with Crippen LogP contribution in [-0.2, 0) is 18.9 Å². The molecule has 454 valence electrons. The number of nitrogens with one attached hydrogen (secondary N) is 2. The largest absolute Gasteiger partial charge is 0.441 e. The SMILES string of the molecule is Cc1nc([C@H]2O[C@@H](CO)[C@@H](O)[C@@H](n3cc(-c4cc(F)c(F)c(F)c4)nn3)[C@@H]2OC(=O)NCCCCNC(=O)O[C@@H]2[C@@H](n3cc(-c4cc(F)c(F)c(F)c4)nn3)[C@@H](O)[C@@H](CO)O[C@H]2c2nc(C)nn2-c2cc(Cl)ccc2Cl)n(-c2cc(Cl)ccc2Cl)n1. The van der Waals surface area contributed by atoms with Crippen LogP contribution in [0.15, 0.2) is 73.1 Å². The molecule has 24 nitrogen and oxygen atoms in total. The van der Waals surface area contributed by atoms with Gasteiger partial charge in [-0.2, -0.15) is 10.2 Å². The van der Waals surface area contributed by atoms with Crippen LogP contribution < -0.4 is 10.6 Å². The van der Waals surface area contributed by atoms with Crippen molar-refractivity contribution in [3.63, 3.8) is 0 Å². The third-order valence-electron chi connectivity index (χ3n) is 13.8. The molecule has 0 radical (unpaired) electrons. The quantitative estimate of drug-likeness (QED) is 0.0299. The van der Waals surface area contributed by atoms with Gasteiger partial charge in [-0.05, 0) is 87.4 Å². The van der Waals surface area contributed by atoms with Gasteiger partial charge in [-0.25, -0.2) is 64.6 Å². The molecule has 2 saturated heterocycles. The number of aryl methyl sites for hydroxylation is 2. The summed E-state index contributed by atoms with van der Waals surface area (Å²) in [7, 11) is 0. The van der Waals surface area contributed by atoms with Crippen molar-refractivity contribution in [2.75, 3.05) is 26.3 Å². The van der Waals surface area contributed by atoms with Crippen molar-refractivity contribution in [3.05, 3.63) is 151 Å². The van der Waals surface area contributed by atoms with Gasteiger partial charge < -0.3 is 50.0 Å². The second kappa shape index (κ2) is 25.8. The maximum Gasteiger partial charge on any atom is 0.407 e. The molecule has 10 atom stereocenters. The van der Waals surface area contributed by atoms with E-state index in [9.17, 15) is 56.4 Å². The summed E-state index contributed by atoms with van der Waals surface area (Å²) < 4.78 is 114. The zero-order chi connectivity index (χ0) is 61.4. The zero-order valence-electron chi connectivity index (χ0n) is 44.3. The number of benzene rings is 4. The summed E-state index contributed by atoms with van der Waals surface area (Å²) in [5.74, 6) is -9.38. The van der Waals surface area contributed by atoms with Crippen LogP contribution in [0.1, 0.15) is 60.4 Å². The predicted molar refractivity (Wildman–Crippen MR) is 288 cm³/mol. The monoisotopic (exact) mass is 1280 g/mol. The number of amides is 2. The summed E-state index contributed by atoms with van der Waals surface area (Å²) in [6, 6.07) is 8.60. The van der Waals surface area contributed by atoms with E-state index in [1.165, 1.54) is 59.6 Å².